The van der Waals surface area contributed by atoms with Crippen molar-refractivity contribution in [3.63, 3.8) is 0 Å². The minimum atomic E-state index is -4.59. The van der Waals surface area contributed by atoms with E-state index in [0.717, 1.165) is 32.8 Å². The topological polar surface area (TPSA) is 101 Å². The number of pyridine rings is 1. The number of ether oxygens (including phenoxy) is 2. The lowest BCUT2D eigenvalue weighted by molar-refractivity contribution is -0.147. The summed E-state index contributed by atoms with van der Waals surface area (Å²) >= 11 is 1.01. The van der Waals surface area contributed by atoms with E-state index in [1.54, 1.807) is 20.3 Å². The third-order valence-corrected chi connectivity index (χ3v) is 6.51. The molecule has 190 valence electrons. The van der Waals surface area contributed by atoms with Gasteiger partial charge in [-0.15, -0.1) is 20.4 Å². The summed E-state index contributed by atoms with van der Waals surface area (Å²) in [7, 11) is 4.38. The SMILES string of the molecule is COc1ccc(-c2cc(-c3nnc(CSc4nnc(C(F)(F)F)n4C)o3)c3ccccc3n2)cc1OC. The molecule has 5 rings (SSSR count). The number of thioether (sulfide) groups is 1. The van der Waals surface area contributed by atoms with Gasteiger partial charge >= 0.3 is 6.18 Å². The van der Waals surface area contributed by atoms with E-state index >= 15 is 0 Å². The summed E-state index contributed by atoms with van der Waals surface area (Å²) in [5.74, 6) is 0.673. The van der Waals surface area contributed by atoms with Crippen LogP contribution in [0.4, 0.5) is 13.2 Å². The van der Waals surface area contributed by atoms with Crippen molar-refractivity contribution in [3.05, 3.63) is 60.2 Å². The van der Waals surface area contributed by atoms with Gasteiger partial charge in [-0.2, -0.15) is 13.2 Å². The van der Waals surface area contributed by atoms with Crippen LogP contribution in [0.3, 0.4) is 0 Å². The molecule has 0 N–H and O–H groups in total. The van der Waals surface area contributed by atoms with Gasteiger partial charge < -0.3 is 18.5 Å². The van der Waals surface area contributed by atoms with Crippen LogP contribution in [0.25, 0.3) is 33.6 Å². The molecular weight excluding hydrogens is 509 g/mol. The molecule has 3 aromatic heterocycles. The Morgan fingerprint density at radius 1 is 0.946 bits per heavy atom. The maximum atomic E-state index is 13.0. The Bertz CT molecular complexity index is 1580. The molecule has 0 aliphatic carbocycles. The predicted molar refractivity (Wildman–Crippen MR) is 129 cm³/mol. The van der Waals surface area contributed by atoms with Gasteiger partial charge in [-0.1, -0.05) is 30.0 Å². The van der Waals surface area contributed by atoms with Gasteiger partial charge in [0.15, 0.2) is 16.7 Å². The standard InChI is InChI=1S/C24H19F3N6O3S/c1-33-22(24(25,26)27)31-32-23(33)37-12-20-29-30-21(36-20)15-11-17(28-16-7-5-4-6-14(15)16)13-8-9-18(34-2)19(10-13)35-3/h4-11H,12H2,1-3H3. The van der Waals surface area contributed by atoms with E-state index in [1.165, 1.54) is 7.05 Å². The summed E-state index contributed by atoms with van der Waals surface area (Å²) < 4.78 is 56.5. The van der Waals surface area contributed by atoms with E-state index in [4.69, 9.17) is 18.9 Å². The van der Waals surface area contributed by atoms with Gasteiger partial charge in [-0.3, -0.25) is 0 Å². The van der Waals surface area contributed by atoms with Crippen LogP contribution in [0.1, 0.15) is 11.7 Å². The van der Waals surface area contributed by atoms with Gasteiger partial charge in [0.05, 0.1) is 36.7 Å². The van der Waals surface area contributed by atoms with Crippen molar-refractivity contribution in [3.8, 4) is 34.2 Å². The Morgan fingerprint density at radius 3 is 2.46 bits per heavy atom. The van der Waals surface area contributed by atoms with Gasteiger partial charge in [0.1, 0.15) is 0 Å². The average Bonchev–Trinajstić information content (AvgIpc) is 3.52. The van der Waals surface area contributed by atoms with E-state index in [9.17, 15) is 13.2 Å². The van der Waals surface area contributed by atoms with Crippen molar-refractivity contribution in [2.45, 2.75) is 17.1 Å². The number of alkyl halides is 3. The maximum Gasteiger partial charge on any atom is 0.451 e. The van der Waals surface area contributed by atoms with Crippen molar-refractivity contribution in [2.24, 2.45) is 7.05 Å². The van der Waals surface area contributed by atoms with Crippen LogP contribution in [0, 0.1) is 0 Å². The zero-order valence-corrected chi connectivity index (χ0v) is 20.6. The number of benzene rings is 2. The molecule has 0 bridgehead atoms. The Balaban J connectivity index is 1.47. The number of hydrogen-bond donors (Lipinski definition) is 0. The highest BCUT2D eigenvalue weighted by molar-refractivity contribution is 7.98. The fourth-order valence-electron chi connectivity index (χ4n) is 3.73. The van der Waals surface area contributed by atoms with Crippen molar-refractivity contribution >= 4 is 22.7 Å². The largest absolute Gasteiger partial charge is 0.493 e. The van der Waals surface area contributed by atoms with Crippen LogP contribution in [0.15, 0.2) is 58.1 Å². The first-order valence-electron chi connectivity index (χ1n) is 10.8. The number of aromatic nitrogens is 6. The van der Waals surface area contributed by atoms with Crippen LogP contribution in [-0.4, -0.2) is 44.2 Å². The first-order valence-corrected chi connectivity index (χ1v) is 11.8. The Hall–Kier alpha value is -4.13. The smallest absolute Gasteiger partial charge is 0.451 e. The molecule has 0 unspecified atom stereocenters. The van der Waals surface area contributed by atoms with Crippen molar-refractivity contribution in [1.29, 1.82) is 0 Å². The molecule has 0 atom stereocenters. The fraction of sp³-hybridized carbons (Fsp3) is 0.208. The van der Waals surface area contributed by atoms with E-state index in [1.807, 2.05) is 42.5 Å². The van der Waals surface area contributed by atoms with Crippen LogP contribution in [0.5, 0.6) is 11.5 Å². The number of nitrogens with zero attached hydrogens (tertiary/aromatic N) is 6. The number of fused-ring (bicyclic) bond motifs is 1. The van der Waals surface area contributed by atoms with Crippen molar-refractivity contribution in [2.75, 3.05) is 14.2 Å². The zero-order valence-electron chi connectivity index (χ0n) is 19.8. The van der Waals surface area contributed by atoms with Crippen LogP contribution in [-0.2, 0) is 19.0 Å². The molecule has 2 aromatic carbocycles. The van der Waals surface area contributed by atoms with Crippen LogP contribution >= 0.6 is 11.8 Å². The molecule has 0 spiro atoms. The number of para-hydroxylation sites is 1. The molecule has 9 nitrogen and oxygen atoms in total. The number of hydrogen-bond acceptors (Lipinski definition) is 9. The molecule has 13 heteroatoms. The Kier molecular flexibility index (Phi) is 6.46. The molecule has 0 amide bonds. The lowest BCUT2D eigenvalue weighted by Gasteiger charge is -2.11. The Labute approximate surface area is 212 Å². The third-order valence-electron chi connectivity index (χ3n) is 5.51. The molecule has 3 heterocycles. The summed E-state index contributed by atoms with van der Waals surface area (Å²) in [6.07, 6.45) is -4.59. The molecule has 0 fully saturated rings. The second kappa shape index (κ2) is 9.73. The second-order valence-electron chi connectivity index (χ2n) is 7.79. The molecule has 0 radical (unpaired) electrons. The number of halogens is 3. The molecule has 37 heavy (non-hydrogen) atoms. The molecular formula is C24H19F3N6O3S. The van der Waals surface area contributed by atoms with Crippen molar-refractivity contribution in [1.82, 2.24) is 29.9 Å². The normalized spacial score (nSPS) is 11.7. The zero-order chi connectivity index (χ0) is 26.2. The first-order chi connectivity index (χ1) is 17.8. The molecule has 0 saturated heterocycles. The maximum absolute atomic E-state index is 13.0. The highest BCUT2D eigenvalue weighted by Gasteiger charge is 2.37. The number of rotatable bonds is 7. The van der Waals surface area contributed by atoms with E-state index in [-0.39, 0.29) is 22.7 Å². The van der Waals surface area contributed by atoms with Gasteiger partial charge in [0.25, 0.3) is 0 Å². The van der Waals surface area contributed by atoms with Gasteiger partial charge in [0.2, 0.25) is 17.6 Å². The second-order valence-corrected chi connectivity index (χ2v) is 8.74. The molecule has 0 saturated carbocycles. The van der Waals surface area contributed by atoms with E-state index in [2.05, 4.69) is 20.4 Å². The highest BCUT2D eigenvalue weighted by Crippen LogP contribution is 2.36. The molecule has 5 aromatic rings. The van der Waals surface area contributed by atoms with Gasteiger partial charge in [-0.05, 0) is 30.3 Å². The number of methoxy groups -OCH3 is 2. The lowest BCUT2D eigenvalue weighted by Crippen LogP contribution is -2.12. The summed E-state index contributed by atoms with van der Waals surface area (Å²) in [4.78, 5) is 4.78. The average molecular weight is 529 g/mol. The molecule has 0 aliphatic rings. The van der Waals surface area contributed by atoms with Crippen LogP contribution in [0.2, 0.25) is 0 Å². The quantitative estimate of drug-likeness (QED) is 0.257. The van der Waals surface area contributed by atoms with Gasteiger partial charge in [-0.25, -0.2) is 4.98 Å². The summed E-state index contributed by atoms with van der Waals surface area (Å²) in [5.41, 5.74) is 2.83. The highest BCUT2D eigenvalue weighted by atomic mass is 32.2. The summed E-state index contributed by atoms with van der Waals surface area (Å²) in [5, 5.41) is 16.0. The monoisotopic (exact) mass is 528 g/mol. The third kappa shape index (κ3) is 4.81. The lowest BCUT2D eigenvalue weighted by atomic mass is 10.0. The minimum Gasteiger partial charge on any atom is -0.493 e. The fourth-order valence-corrected chi connectivity index (χ4v) is 4.48. The van der Waals surface area contributed by atoms with Crippen molar-refractivity contribution < 1.29 is 27.1 Å². The van der Waals surface area contributed by atoms with Gasteiger partial charge in [0, 0.05) is 18.0 Å². The van der Waals surface area contributed by atoms with Crippen LogP contribution < -0.4 is 9.47 Å². The Morgan fingerprint density at radius 2 is 1.73 bits per heavy atom. The minimum absolute atomic E-state index is 0.0807. The predicted octanol–water partition coefficient (Wildman–Crippen LogP) is 5.41. The summed E-state index contributed by atoms with van der Waals surface area (Å²) in [6, 6.07) is 14.9. The summed E-state index contributed by atoms with van der Waals surface area (Å²) in [6.45, 7) is 0. The molecule has 0 aliphatic heterocycles. The van der Waals surface area contributed by atoms with E-state index < -0.39 is 12.0 Å². The first kappa shape index (κ1) is 24.6. The van der Waals surface area contributed by atoms with E-state index in [0.29, 0.717) is 22.8 Å².